The second-order valence-corrected chi connectivity index (χ2v) is 15.9. The highest BCUT2D eigenvalue weighted by atomic mass is 32.2. The van der Waals surface area contributed by atoms with Crippen molar-refractivity contribution in [1.29, 1.82) is 0 Å². The molecule has 0 radical (unpaired) electrons. The van der Waals surface area contributed by atoms with Gasteiger partial charge in [-0.1, -0.05) is 187 Å². The van der Waals surface area contributed by atoms with Crippen LogP contribution >= 0.6 is 11.8 Å². The Kier molecular flexibility index (Phi) is 15.2. The summed E-state index contributed by atoms with van der Waals surface area (Å²) in [5.41, 5.74) is 14.2. The largest absolute Gasteiger partial charge is 0.381 e. The van der Waals surface area contributed by atoms with E-state index in [1.165, 1.54) is 67.2 Å². The fraction of sp³-hybridized carbons (Fsp3) is 0.259. The van der Waals surface area contributed by atoms with Crippen LogP contribution in [0.3, 0.4) is 0 Å². The van der Waals surface area contributed by atoms with Gasteiger partial charge in [-0.15, -0.1) is 0 Å². The highest BCUT2D eigenvalue weighted by Crippen LogP contribution is 2.59. The lowest BCUT2D eigenvalue weighted by atomic mass is 9.61. The number of fused-ring (bicyclic) bond motifs is 2. The second-order valence-electron chi connectivity index (χ2n) is 14.9. The van der Waals surface area contributed by atoms with Crippen molar-refractivity contribution in [3.05, 3.63) is 215 Å². The Bertz CT molecular complexity index is 2170. The molecule has 2 aliphatic heterocycles. The quantitative estimate of drug-likeness (QED) is 0.109. The zero-order valence-corrected chi connectivity index (χ0v) is 35.4. The number of rotatable bonds is 17. The van der Waals surface area contributed by atoms with E-state index in [9.17, 15) is 0 Å². The lowest BCUT2D eigenvalue weighted by Gasteiger charge is -2.45. The molecule has 0 spiro atoms. The van der Waals surface area contributed by atoms with Crippen molar-refractivity contribution >= 4 is 23.0 Å². The number of unbranched alkanes of at least 4 members (excludes halogenated alkanes) is 2. The van der Waals surface area contributed by atoms with Gasteiger partial charge in [-0.25, -0.2) is 0 Å². The Morgan fingerprint density at radius 2 is 1.75 bits per heavy atom. The van der Waals surface area contributed by atoms with Crippen LogP contribution < -0.4 is 5.32 Å². The van der Waals surface area contributed by atoms with Gasteiger partial charge in [0.2, 0.25) is 0 Å². The van der Waals surface area contributed by atoms with Crippen LogP contribution in [0.1, 0.15) is 113 Å². The van der Waals surface area contributed by atoms with Crippen LogP contribution in [0.15, 0.2) is 191 Å². The summed E-state index contributed by atoms with van der Waals surface area (Å²) in [5.74, 6) is 0.363. The first-order valence-corrected chi connectivity index (χ1v) is 21.2. The van der Waals surface area contributed by atoms with E-state index in [1.54, 1.807) is 0 Å². The van der Waals surface area contributed by atoms with Gasteiger partial charge in [-0.05, 0) is 125 Å². The molecular weight excluding hydrogens is 695 g/mol. The maximum Gasteiger partial charge on any atom is 0.0522 e. The SMILES string of the molecule is C=C/C=C\C(=C(/C)C(=C)/C=C\C=C/CCCC)c1cccc2c1C(CC(/C=C\C)=C(\C)C=C)(c1ccccc1C(C)CC)c1ccc(C3=CC=CCN3)cc1S2. The topological polar surface area (TPSA) is 12.0 Å². The molecule has 1 N–H and O–H groups in total. The Labute approximate surface area is 343 Å². The molecule has 0 bridgehead atoms. The minimum Gasteiger partial charge on any atom is -0.381 e. The summed E-state index contributed by atoms with van der Waals surface area (Å²) in [4.78, 5) is 2.55. The average Bonchev–Trinajstić information content (AvgIpc) is 3.23. The van der Waals surface area contributed by atoms with Gasteiger partial charge in [0.1, 0.15) is 0 Å². The summed E-state index contributed by atoms with van der Waals surface area (Å²) >= 11 is 1.89. The molecule has 0 amide bonds. The van der Waals surface area contributed by atoms with Crippen molar-refractivity contribution in [1.82, 2.24) is 5.32 Å². The molecule has 3 aromatic carbocycles. The molecule has 2 atom stereocenters. The maximum absolute atomic E-state index is 4.61. The third-order valence-electron chi connectivity index (χ3n) is 11.3. The van der Waals surface area contributed by atoms with E-state index in [4.69, 9.17) is 0 Å². The van der Waals surface area contributed by atoms with Crippen molar-refractivity contribution in [2.45, 2.75) is 94.8 Å². The van der Waals surface area contributed by atoms with Gasteiger partial charge in [-0.2, -0.15) is 0 Å². The molecule has 0 aromatic heterocycles. The predicted octanol–water partition coefficient (Wildman–Crippen LogP) is 15.3. The molecule has 2 heterocycles. The van der Waals surface area contributed by atoms with Crippen molar-refractivity contribution < 1.29 is 0 Å². The summed E-state index contributed by atoms with van der Waals surface area (Å²) in [6, 6.07) is 23.3. The van der Waals surface area contributed by atoms with E-state index >= 15 is 0 Å². The number of benzene rings is 3. The molecule has 0 saturated heterocycles. The third kappa shape index (κ3) is 9.14. The van der Waals surface area contributed by atoms with Gasteiger partial charge in [0.25, 0.3) is 0 Å². The second kappa shape index (κ2) is 20.2. The van der Waals surface area contributed by atoms with Crippen LogP contribution in [0.2, 0.25) is 0 Å². The summed E-state index contributed by atoms with van der Waals surface area (Å²) in [6.07, 6.45) is 33.1. The number of allylic oxidation sites excluding steroid dienone is 17. The van der Waals surface area contributed by atoms with Crippen molar-refractivity contribution in [2.75, 3.05) is 6.54 Å². The Hall–Kier alpha value is -5.05. The molecular formula is C54H61NS. The van der Waals surface area contributed by atoms with E-state index in [0.29, 0.717) is 5.92 Å². The molecule has 3 aromatic rings. The summed E-state index contributed by atoms with van der Waals surface area (Å²) in [5, 5.41) is 3.61. The fourth-order valence-electron chi connectivity index (χ4n) is 7.91. The van der Waals surface area contributed by atoms with Gasteiger partial charge < -0.3 is 5.32 Å². The Balaban J connectivity index is 1.93. The Morgan fingerprint density at radius 3 is 2.46 bits per heavy atom. The van der Waals surface area contributed by atoms with Gasteiger partial charge >= 0.3 is 0 Å². The molecule has 0 fully saturated rings. The van der Waals surface area contributed by atoms with Crippen LogP contribution in [0, 0.1) is 0 Å². The van der Waals surface area contributed by atoms with E-state index in [1.807, 2.05) is 23.9 Å². The molecule has 5 rings (SSSR count). The molecule has 2 unspecified atom stereocenters. The minimum absolute atomic E-state index is 0.363. The standard InChI is InChI=1S/C54H61NS/c1-10-15-17-18-19-20-27-41(8)42(9)46(28-16-11-2)47-30-25-33-51-53(47)54(38-44(26-12-3)39(6)13-4,48-31-22-21-29-45(48)40(7)14-5)49-35-34-43(37-52(49)56-51)50-32-23-24-36-55-50/h11-13,16,18-35,37,40,55H,2,4,8,10,14-15,17,36,38H2,1,3,5-7,9H3/b19-18-,26-12-,27-20-,28-16-,44-39+,46-42-. The molecule has 56 heavy (non-hydrogen) atoms. The first kappa shape index (κ1) is 42.1. The van der Waals surface area contributed by atoms with Crippen LogP contribution in [0.4, 0.5) is 0 Å². The van der Waals surface area contributed by atoms with Gasteiger partial charge in [0.15, 0.2) is 0 Å². The summed E-state index contributed by atoms with van der Waals surface area (Å²) < 4.78 is 0. The summed E-state index contributed by atoms with van der Waals surface area (Å²) in [7, 11) is 0. The van der Waals surface area contributed by atoms with E-state index in [-0.39, 0.29) is 0 Å². The summed E-state index contributed by atoms with van der Waals surface area (Å²) in [6.45, 7) is 27.2. The van der Waals surface area contributed by atoms with Crippen LogP contribution in [-0.2, 0) is 5.41 Å². The molecule has 1 nitrogen and oxygen atoms in total. The van der Waals surface area contributed by atoms with Crippen LogP contribution in [-0.4, -0.2) is 6.54 Å². The minimum atomic E-state index is -0.550. The third-order valence-corrected chi connectivity index (χ3v) is 12.4. The predicted molar refractivity (Wildman–Crippen MR) is 248 cm³/mol. The lowest BCUT2D eigenvalue weighted by molar-refractivity contribution is 0.566. The van der Waals surface area contributed by atoms with Gasteiger partial charge in [0, 0.05) is 22.0 Å². The number of hydrogen-bond acceptors (Lipinski definition) is 2. The van der Waals surface area contributed by atoms with Crippen molar-refractivity contribution in [2.24, 2.45) is 0 Å². The van der Waals surface area contributed by atoms with Gasteiger partial charge in [-0.3, -0.25) is 0 Å². The smallest absolute Gasteiger partial charge is 0.0522 e. The molecule has 2 heteroatoms. The van der Waals surface area contributed by atoms with Crippen LogP contribution in [0.5, 0.6) is 0 Å². The number of hydrogen-bond donors (Lipinski definition) is 1. The van der Waals surface area contributed by atoms with E-state index in [0.717, 1.165) is 48.2 Å². The molecule has 2 aliphatic rings. The molecule has 0 saturated carbocycles. The first-order valence-electron chi connectivity index (χ1n) is 20.4. The lowest BCUT2D eigenvalue weighted by Crippen LogP contribution is -2.36. The van der Waals surface area contributed by atoms with Crippen molar-refractivity contribution in [3.8, 4) is 0 Å². The molecule has 288 valence electrons. The van der Waals surface area contributed by atoms with Crippen molar-refractivity contribution in [3.63, 3.8) is 0 Å². The normalized spacial score (nSPS) is 18.0. The zero-order valence-electron chi connectivity index (χ0n) is 34.6. The Morgan fingerprint density at radius 1 is 0.929 bits per heavy atom. The fourth-order valence-corrected chi connectivity index (χ4v) is 9.22. The zero-order chi connectivity index (χ0) is 40.1. The van der Waals surface area contributed by atoms with Crippen LogP contribution in [0.25, 0.3) is 11.3 Å². The maximum atomic E-state index is 4.61. The molecule has 0 aliphatic carbocycles. The number of nitrogens with one attached hydrogen (secondary N) is 1. The van der Waals surface area contributed by atoms with E-state index in [2.05, 4.69) is 194 Å². The van der Waals surface area contributed by atoms with E-state index < -0.39 is 5.41 Å². The monoisotopic (exact) mass is 755 g/mol. The first-order chi connectivity index (χ1) is 27.2. The highest BCUT2D eigenvalue weighted by Gasteiger charge is 2.46. The average molecular weight is 756 g/mol. The van der Waals surface area contributed by atoms with Gasteiger partial charge in [0.05, 0.1) is 5.41 Å². The highest BCUT2D eigenvalue weighted by molar-refractivity contribution is 7.99. The number of dihydropyridines is 1.